The van der Waals surface area contributed by atoms with Gasteiger partial charge in [-0.2, -0.15) is 0 Å². The van der Waals surface area contributed by atoms with Gasteiger partial charge in [0.15, 0.2) is 5.96 Å². The number of carbonyl (C=O) groups excluding carboxylic acids is 13. The molecule has 2 heterocycles. The lowest BCUT2D eigenvalue weighted by Crippen LogP contribution is -2.58. The number of amides is 13. The first-order valence-electron chi connectivity index (χ1n) is 30.4. The molecule has 0 aromatic heterocycles. The number of rotatable bonds is 37. The number of guanidine groups is 1. The summed E-state index contributed by atoms with van der Waals surface area (Å²) >= 11 is 0.946. The van der Waals surface area contributed by atoms with E-state index in [0.717, 1.165) is 16.7 Å². The molecule has 0 saturated carbocycles. The number of aliphatic carboxylic acids is 1. The molecule has 0 radical (unpaired) electrons. The number of phenolic OH excluding ortho intramolecular Hbond substituents is 1. The maximum atomic E-state index is 14.1. The summed E-state index contributed by atoms with van der Waals surface area (Å²) in [6, 6.07) is 6.75. The molecule has 2 aliphatic rings. The Bertz CT molecular complexity index is 2910. The fourth-order valence-electron chi connectivity index (χ4n) is 9.53. The molecular weight excluding hydrogens is 1220 g/mol. The summed E-state index contributed by atoms with van der Waals surface area (Å²) in [5, 5.41) is 54.2. The number of aromatic hydroxyl groups is 1. The van der Waals surface area contributed by atoms with E-state index in [1.807, 2.05) is 0 Å². The second-order valence-electron chi connectivity index (χ2n) is 21.9. The van der Waals surface area contributed by atoms with Crippen LogP contribution in [0, 0.1) is 5.41 Å². The number of thioether (sulfide) groups is 1. The summed E-state index contributed by atoms with van der Waals surface area (Å²) in [5.41, 5.74) is 17.6. The molecule has 13 amide bonds. The second-order valence-corrected chi connectivity index (χ2v) is 23.1. The molecule has 2 fully saturated rings. The number of carboxylic acid groups (broad SMARTS) is 1. The lowest BCUT2D eigenvalue weighted by molar-refractivity contribution is -0.141. The molecule has 32 nitrogen and oxygen atoms in total. The molecule has 6 unspecified atom stereocenters. The minimum atomic E-state index is -1.67. The van der Waals surface area contributed by atoms with Crippen LogP contribution in [0.2, 0.25) is 0 Å². The van der Waals surface area contributed by atoms with E-state index < -0.39 is 131 Å². The van der Waals surface area contributed by atoms with Crippen molar-refractivity contribution in [1.82, 2.24) is 63.4 Å². The van der Waals surface area contributed by atoms with Crippen molar-refractivity contribution in [1.29, 1.82) is 5.41 Å². The molecule has 0 aliphatic carbocycles. The van der Waals surface area contributed by atoms with Crippen LogP contribution in [0.3, 0.4) is 0 Å². The second kappa shape index (κ2) is 40.4. The predicted octanol–water partition coefficient (Wildman–Crippen LogP) is -4.10. The zero-order valence-corrected chi connectivity index (χ0v) is 51.9. The van der Waals surface area contributed by atoms with Crippen molar-refractivity contribution in [2.24, 2.45) is 17.2 Å². The van der Waals surface area contributed by atoms with Gasteiger partial charge >= 0.3 is 5.97 Å². The van der Waals surface area contributed by atoms with Crippen molar-refractivity contribution in [3.8, 4) is 5.75 Å². The Morgan fingerprint density at radius 3 is 1.86 bits per heavy atom. The van der Waals surface area contributed by atoms with E-state index in [1.165, 1.54) is 12.1 Å². The number of hydrogen-bond donors (Lipinski definition) is 17. The third kappa shape index (κ3) is 28.6. The highest BCUT2D eigenvalue weighted by molar-refractivity contribution is 8.00. The molecule has 0 bridgehead atoms. The fourth-order valence-corrected chi connectivity index (χ4v) is 10.7. The average Bonchev–Trinajstić information content (AvgIpc) is 1.69. The molecule has 33 heteroatoms. The number of hydrogen-bond acceptors (Lipinski definition) is 18. The summed E-state index contributed by atoms with van der Waals surface area (Å²) in [6.45, 7) is -0.0110. The Hall–Kier alpha value is -9.40. The van der Waals surface area contributed by atoms with E-state index in [0.29, 0.717) is 36.9 Å². The van der Waals surface area contributed by atoms with Crippen molar-refractivity contribution in [3.05, 3.63) is 65.7 Å². The number of carboxylic acids is 1. The molecule has 92 heavy (non-hydrogen) atoms. The predicted molar refractivity (Wildman–Crippen MR) is 334 cm³/mol. The average molecular weight is 1310 g/mol. The molecule has 504 valence electrons. The van der Waals surface area contributed by atoms with Crippen LogP contribution in [0.5, 0.6) is 5.75 Å². The van der Waals surface area contributed by atoms with Crippen LogP contribution in [-0.4, -0.2) is 197 Å². The highest BCUT2D eigenvalue weighted by Crippen LogP contribution is 2.26. The first-order chi connectivity index (χ1) is 43.9. The van der Waals surface area contributed by atoms with Gasteiger partial charge in [-0.3, -0.25) is 77.4 Å². The minimum Gasteiger partial charge on any atom is -0.508 e. The third-order valence-electron chi connectivity index (χ3n) is 14.5. The number of phenols is 1. The number of unbranched alkanes of at least 4 members (excludes halogenated alkanes) is 3. The van der Waals surface area contributed by atoms with E-state index in [9.17, 15) is 77.3 Å². The SMILES string of the molecule is N=C(N)NCCCC1NC(=O)C(CCCCNC(=O)CCN2C(=O)CC(SCC(NC(=O)CCCCCNC(=O)[C@H](Cc3ccc(O)cc3)NC(=O)CCCC(=O)NCCN)C(N)=O)C2=O)NC(=O)C(Cc2ccccc2)NC(=O)C(CC(=O)O)NC(=O)CNC1=O. The van der Waals surface area contributed by atoms with Crippen molar-refractivity contribution in [2.75, 3.05) is 51.6 Å². The maximum absolute atomic E-state index is 14.1. The quantitative estimate of drug-likeness (QED) is 0.0132. The van der Waals surface area contributed by atoms with E-state index in [2.05, 4.69) is 58.5 Å². The molecule has 0 spiro atoms. The first kappa shape index (κ1) is 75.1. The minimum absolute atomic E-state index is 0.000632. The number of nitrogens with two attached hydrogens (primary N) is 3. The van der Waals surface area contributed by atoms with Gasteiger partial charge in [-0.15, -0.1) is 11.8 Å². The number of benzene rings is 2. The fraction of sp³-hybridized carbons (Fsp3) is 0.542. The monoisotopic (exact) mass is 1310 g/mol. The van der Waals surface area contributed by atoms with Crippen LogP contribution in [0.15, 0.2) is 54.6 Å². The first-order valence-corrected chi connectivity index (χ1v) is 31.4. The van der Waals surface area contributed by atoms with Gasteiger partial charge in [-0.25, -0.2) is 0 Å². The van der Waals surface area contributed by atoms with Gasteiger partial charge in [-0.1, -0.05) is 48.9 Å². The van der Waals surface area contributed by atoms with Gasteiger partial charge in [0.25, 0.3) is 0 Å². The zero-order valence-electron chi connectivity index (χ0n) is 51.1. The van der Waals surface area contributed by atoms with Gasteiger partial charge in [0.1, 0.15) is 42.0 Å². The van der Waals surface area contributed by atoms with E-state index >= 15 is 0 Å². The molecule has 2 aromatic rings. The zero-order chi connectivity index (χ0) is 67.5. The van der Waals surface area contributed by atoms with Crippen LogP contribution in [0.4, 0.5) is 0 Å². The standard InChI is InChI=1S/C59H86N16O16S/c60-23-27-65-45(77)16-9-17-48(80)69-40(30-36-18-20-37(76)21-19-36)54(87)66-25-7-2-5-15-47(79)71-43(52(61)85)34-92-44-32-50(82)75(58(44)91)28-22-46(78)64-24-8-6-13-39-55(88)72-38(14-10-26-67-59(62)63)53(86)68-33-49(81)70-42(31-51(83)84)57(90)74-41(56(89)73-39)29-35-11-3-1-4-12-35/h1,3-4,11-12,18-21,38-44,76H,2,5-10,13-17,22-34,60H2,(H2,61,85)(H,64,78)(H,65,77)(H,66,87)(H,68,86)(H,69,80)(H,70,81)(H,71,79)(H,72,88)(H,73,89)(H,74,90)(H,83,84)(H4,62,63,67)/t38?,39?,40-,41?,42?,43?,44?/m0/s1. The van der Waals surface area contributed by atoms with Crippen molar-refractivity contribution in [3.63, 3.8) is 0 Å². The summed E-state index contributed by atoms with van der Waals surface area (Å²) < 4.78 is 0. The summed E-state index contributed by atoms with van der Waals surface area (Å²) in [6.07, 6.45) is 0.769. The van der Waals surface area contributed by atoms with Gasteiger partial charge in [0, 0.05) is 90.0 Å². The number of likely N-dealkylation sites (tertiary alicyclic amines) is 1. The number of nitrogens with one attached hydrogen (secondary N) is 12. The number of nitrogens with zero attached hydrogens (tertiary/aromatic N) is 1. The number of imide groups is 1. The Balaban J connectivity index is 1.25. The molecular formula is C59H86N16O16S. The van der Waals surface area contributed by atoms with E-state index in [4.69, 9.17) is 22.6 Å². The van der Waals surface area contributed by atoms with Crippen LogP contribution in [-0.2, 0) is 80.0 Å². The molecule has 20 N–H and O–H groups in total. The Morgan fingerprint density at radius 2 is 1.18 bits per heavy atom. The lowest BCUT2D eigenvalue weighted by Gasteiger charge is -2.26. The maximum Gasteiger partial charge on any atom is 0.305 e. The number of carbonyl (C=O) groups is 14. The highest BCUT2D eigenvalue weighted by Gasteiger charge is 2.40. The largest absolute Gasteiger partial charge is 0.508 e. The van der Waals surface area contributed by atoms with E-state index in [1.54, 1.807) is 42.5 Å². The smallest absolute Gasteiger partial charge is 0.305 e. The summed E-state index contributed by atoms with van der Waals surface area (Å²) in [4.78, 5) is 183. The van der Waals surface area contributed by atoms with Crippen molar-refractivity contribution < 1.29 is 77.3 Å². The topological polar surface area (TPSA) is 517 Å². The Labute approximate surface area is 535 Å². The molecule has 2 aliphatic heterocycles. The van der Waals surface area contributed by atoms with Gasteiger partial charge in [0.2, 0.25) is 76.8 Å². The van der Waals surface area contributed by atoms with Gasteiger partial charge < -0.3 is 85.9 Å². The number of primary amides is 1. The van der Waals surface area contributed by atoms with Crippen LogP contribution in [0.25, 0.3) is 0 Å². The highest BCUT2D eigenvalue weighted by atomic mass is 32.2. The summed E-state index contributed by atoms with van der Waals surface area (Å²) in [7, 11) is 0. The van der Waals surface area contributed by atoms with Crippen LogP contribution in [0.1, 0.15) is 107 Å². The van der Waals surface area contributed by atoms with Crippen LogP contribution >= 0.6 is 11.8 Å². The van der Waals surface area contributed by atoms with Gasteiger partial charge in [0.05, 0.1) is 18.2 Å². The van der Waals surface area contributed by atoms with Crippen molar-refractivity contribution in [2.45, 2.75) is 151 Å². The molecule has 4 rings (SSSR count). The summed E-state index contributed by atoms with van der Waals surface area (Å²) in [5.74, 6) is -10.6. The van der Waals surface area contributed by atoms with E-state index in [-0.39, 0.29) is 140 Å². The normalized spacial score (nSPS) is 18.6. The van der Waals surface area contributed by atoms with Gasteiger partial charge in [-0.05, 0) is 74.6 Å². The Kier molecular flexibility index (Phi) is 32.9. The van der Waals surface area contributed by atoms with Crippen LogP contribution < -0.4 is 75.7 Å². The molecule has 2 saturated heterocycles. The molecule has 7 atom stereocenters. The lowest BCUT2D eigenvalue weighted by atomic mass is 10.0. The molecule has 2 aromatic carbocycles. The third-order valence-corrected chi connectivity index (χ3v) is 15.7. The van der Waals surface area contributed by atoms with Crippen molar-refractivity contribution >= 4 is 100 Å². The Morgan fingerprint density at radius 1 is 0.609 bits per heavy atom.